The second kappa shape index (κ2) is 19.9. The summed E-state index contributed by atoms with van der Waals surface area (Å²) in [7, 11) is 0. The molecule has 0 atom stereocenters. The molecule has 1 aromatic carbocycles. The summed E-state index contributed by atoms with van der Waals surface area (Å²) in [5.41, 5.74) is 0.612. The zero-order valence-electron chi connectivity index (χ0n) is 17.7. The molecule has 0 aliphatic rings. The lowest BCUT2D eigenvalue weighted by Crippen LogP contribution is -2.15. The SMILES string of the molecule is O=Cc1ccc(OCCOCCOCCOCCOCCOCCOCC(=O)O)cc1. The number of rotatable bonds is 22. The van der Waals surface area contributed by atoms with E-state index in [-0.39, 0.29) is 13.2 Å². The van der Waals surface area contributed by atoms with Crippen LogP contribution in [0, 0.1) is 0 Å². The van der Waals surface area contributed by atoms with Crippen molar-refractivity contribution in [3.05, 3.63) is 29.8 Å². The lowest BCUT2D eigenvalue weighted by Gasteiger charge is -2.09. The van der Waals surface area contributed by atoms with Crippen molar-refractivity contribution < 1.29 is 47.9 Å². The third-order valence-corrected chi connectivity index (χ3v) is 3.60. The minimum atomic E-state index is -0.996. The molecule has 1 rings (SSSR count). The molecule has 0 saturated heterocycles. The first kappa shape index (κ1) is 27.0. The summed E-state index contributed by atoms with van der Waals surface area (Å²) in [6.07, 6.45) is 0.789. The topological polar surface area (TPSA) is 119 Å². The van der Waals surface area contributed by atoms with E-state index in [1.54, 1.807) is 24.3 Å². The maximum absolute atomic E-state index is 10.6. The number of benzene rings is 1. The second-order valence-corrected chi connectivity index (χ2v) is 6.04. The number of carboxylic acids is 1. The molecule has 0 aliphatic carbocycles. The summed E-state index contributed by atoms with van der Waals surface area (Å²) in [5, 5.41) is 8.38. The summed E-state index contributed by atoms with van der Waals surface area (Å²) < 4.78 is 37.1. The maximum Gasteiger partial charge on any atom is 0.329 e. The summed E-state index contributed by atoms with van der Waals surface area (Å²) in [5.74, 6) is -0.300. The van der Waals surface area contributed by atoms with Crippen LogP contribution in [-0.2, 0) is 33.2 Å². The molecular formula is C21H32O10. The van der Waals surface area contributed by atoms with Crippen LogP contribution in [0.3, 0.4) is 0 Å². The Morgan fingerprint density at radius 2 is 1.03 bits per heavy atom. The molecule has 0 amide bonds. The van der Waals surface area contributed by atoms with Crippen LogP contribution in [0.15, 0.2) is 24.3 Å². The van der Waals surface area contributed by atoms with Gasteiger partial charge in [-0.15, -0.1) is 0 Å². The van der Waals surface area contributed by atoms with Gasteiger partial charge in [-0.2, -0.15) is 0 Å². The lowest BCUT2D eigenvalue weighted by atomic mass is 10.2. The third kappa shape index (κ3) is 17.3. The Hall–Kier alpha value is -2.08. The first-order valence-electron chi connectivity index (χ1n) is 10.1. The highest BCUT2D eigenvalue weighted by Gasteiger charge is 1.97. The Kier molecular flexibility index (Phi) is 17.3. The smallest absolute Gasteiger partial charge is 0.329 e. The number of carbonyl (C=O) groups is 2. The second-order valence-electron chi connectivity index (χ2n) is 6.04. The van der Waals surface area contributed by atoms with E-state index in [1.807, 2.05) is 0 Å². The van der Waals surface area contributed by atoms with E-state index in [2.05, 4.69) is 0 Å². The van der Waals surface area contributed by atoms with Crippen LogP contribution in [0.5, 0.6) is 5.75 Å². The van der Waals surface area contributed by atoms with Gasteiger partial charge in [-0.3, -0.25) is 4.79 Å². The molecule has 0 fully saturated rings. The van der Waals surface area contributed by atoms with Crippen LogP contribution < -0.4 is 4.74 Å². The normalized spacial score (nSPS) is 10.8. The van der Waals surface area contributed by atoms with Crippen LogP contribution >= 0.6 is 0 Å². The standard InChI is InChI=1S/C21H32O10/c22-17-19-1-3-20(4-2-19)31-16-15-29-12-11-27-8-7-25-5-6-26-9-10-28-13-14-30-18-21(23)24/h1-4,17H,5-16,18H2,(H,23,24). The number of aliphatic carboxylic acids is 1. The zero-order chi connectivity index (χ0) is 22.4. The van der Waals surface area contributed by atoms with Gasteiger partial charge in [0.1, 0.15) is 25.2 Å². The largest absolute Gasteiger partial charge is 0.491 e. The number of hydrogen-bond donors (Lipinski definition) is 1. The van der Waals surface area contributed by atoms with Crippen molar-refractivity contribution in [3.63, 3.8) is 0 Å². The molecule has 1 aromatic rings. The number of carboxylic acid groups (broad SMARTS) is 1. The monoisotopic (exact) mass is 444 g/mol. The van der Waals surface area contributed by atoms with E-state index in [0.717, 1.165) is 6.29 Å². The highest BCUT2D eigenvalue weighted by Crippen LogP contribution is 2.10. The number of aldehydes is 1. The molecule has 0 aromatic heterocycles. The van der Waals surface area contributed by atoms with Gasteiger partial charge >= 0.3 is 5.97 Å². The van der Waals surface area contributed by atoms with Gasteiger partial charge in [-0.25, -0.2) is 4.79 Å². The number of hydrogen-bond acceptors (Lipinski definition) is 9. The van der Waals surface area contributed by atoms with Crippen LogP contribution in [0.2, 0.25) is 0 Å². The minimum Gasteiger partial charge on any atom is -0.491 e. The quantitative estimate of drug-likeness (QED) is 0.205. The van der Waals surface area contributed by atoms with Crippen molar-refractivity contribution in [1.82, 2.24) is 0 Å². The Balaban J connectivity index is 1.72. The molecule has 10 heteroatoms. The van der Waals surface area contributed by atoms with Crippen molar-refractivity contribution in [2.45, 2.75) is 0 Å². The third-order valence-electron chi connectivity index (χ3n) is 3.60. The van der Waals surface area contributed by atoms with Gasteiger partial charge in [0.25, 0.3) is 0 Å². The van der Waals surface area contributed by atoms with E-state index in [1.165, 1.54) is 0 Å². The fourth-order valence-electron chi connectivity index (χ4n) is 2.12. The van der Waals surface area contributed by atoms with Gasteiger partial charge in [-0.1, -0.05) is 0 Å². The van der Waals surface area contributed by atoms with Crippen LogP contribution in [0.25, 0.3) is 0 Å². The van der Waals surface area contributed by atoms with Gasteiger partial charge in [0.2, 0.25) is 0 Å². The molecule has 0 radical (unpaired) electrons. The first-order chi connectivity index (χ1) is 15.2. The lowest BCUT2D eigenvalue weighted by molar-refractivity contribution is -0.142. The van der Waals surface area contributed by atoms with Crippen LogP contribution in [0.4, 0.5) is 0 Å². The molecule has 0 bridgehead atoms. The molecule has 0 unspecified atom stereocenters. The van der Waals surface area contributed by atoms with Gasteiger partial charge in [0, 0.05) is 5.56 Å². The zero-order valence-corrected chi connectivity index (χ0v) is 17.7. The van der Waals surface area contributed by atoms with Crippen molar-refractivity contribution in [2.24, 2.45) is 0 Å². The fraction of sp³-hybridized carbons (Fsp3) is 0.619. The summed E-state index contributed by atoms with van der Waals surface area (Å²) in [4.78, 5) is 20.8. The molecule has 0 aliphatic heterocycles. The molecule has 31 heavy (non-hydrogen) atoms. The number of ether oxygens (including phenoxy) is 7. The Morgan fingerprint density at radius 3 is 1.42 bits per heavy atom. The molecule has 0 saturated carbocycles. The summed E-state index contributed by atoms with van der Waals surface area (Å²) >= 11 is 0. The minimum absolute atomic E-state index is 0.242. The predicted molar refractivity (Wildman–Crippen MR) is 110 cm³/mol. The number of carbonyl (C=O) groups excluding carboxylic acids is 1. The van der Waals surface area contributed by atoms with E-state index >= 15 is 0 Å². The van der Waals surface area contributed by atoms with Crippen LogP contribution in [0.1, 0.15) is 10.4 Å². The molecular weight excluding hydrogens is 412 g/mol. The summed E-state index contributed by atoms with van der Waals surface area (Å²) in [6, 6.07) is 6.89. The van der Waals surface area contributed by atoms with Crippen molar-refractivity contribution >= 4 is 12.3 Å². The maximum atomic E-state index is 10.6. The average molecular weight is 444 g/mol. The van der Waals surface area contributed by atoms with E-state index in [4.69, 9.17) is 38.3 Å². The Labute approximate surface area is 182 Å². The molecule has 0 spiro atoms. The van der Waals surface area contributed by atoms with Gasteiger partial charge < -0.3 is 38.3 Å². The Morgan fingerprint density at radius 1 is 0.645 bits per heavy atom. The van der Waals surface area contributed by atoms with Crippen LogP contribution in [-0.4, -0.2) is 103 Å². The molecule has 176 valence electrons. The van der Waals surface area contributed by atoms with Gasteiger partial charge in [0.05, 0.1) is 72.7 Å². The first-order valence-corrected chi connectivity index (χ1v) is 10.1. The van der Waals surface area contributed by atoms with E-state index in [0.29, 0.717) is 84.0 Å². The molecule has 1 N–H and O–H groups in total. The highest BCUT2D eigenvalue weighted by atomic mass is 16.6. The Bertz CT molecular complexity index is 564. The van der Waals surface area contributed by atoms with E-state index in [9.17, 15) is 9.59 Å². The molecule has 10 nitrogen and oxygen atoms in total. The predicted octanol–water partition coefficient (Wildman–Crippen LogP) is 1.06. The average Bonchev–Trinajstić information content (AvgIpc) is 2.78. The van der Waals surface area contributed by atoms with Crippen molar-refractivity contribution in [2.75, 3.05) is 85.9 Å². The van der Waals surface area contributed by atoms with Gasteiger partial charge in [-0.05, 0) is 24.3 Å². The summed E-state index contributed by atoms with van der Waals surface area (Å²) in [6.45, 7) is 4.79. The van der Waals surface area contributed by atoms with Gasteiger partial charge in [0.15, 0.2) is 0 Å². The van der Waals surface area contributed by atoms with Crippen molar-refractivity contribution in [1.29, 1.82) is 0 Å². The fourth-order valence-corrected chi connectivity index (χ4v) is 2.12. The van der Waals surface area contributed by atoms with Crippen molar-refractivity contribution in [3.8, 4) is 5.75 Å². The highest BCUT2D eigenvalue weighted by molar-refractivity contribution is 5.74. The molecule has 0 heterocycles. The van der Waals surface area contributed by atoms with E-state index < -0.39 is 5.97 Å².